The van der Waals surface area contributed by atoms with E-state index >= 15 is 0 Å². The summed E-state index contributed by atoms with van der Waals surface area (Å²) in [6.45, 7) is 5.84. The first-order valence-corrected chi connectivity index (χ1v) is 9.64. The largest absolute Gasteiger partial charge is 0.489 e. The van der Waals surface area contributed by atoms with Crippen molar-refractivity contribution in [2.75, 3.05) is 39.9 Å². The minimum absolute atomic E-state index is 0. The second kappa shape index (κ2) is 11.3. The molecule has 0 amide bonds. The summed E-state index contributed by atoms with van der Waals surface area (Å²) in [4.78, 5) is 6.66. The zero-order valence-corrected chi connectivity index (χ0v) is 19.0. The topological polar surface area (TPSA) is 55.3 Å². The van der Waals surface area contributed by atoms with Crippen LogP contribution in [-0.4, -0.2) is 69.1 Å². The van der Waals surface area contributed by atoms with Crippen LogP contribution < -0.4 is 10.1 Å². The van der Waals surface area contributed by atoms with Gasteiger partial charge in [0.2, 0.25) is 0 Å². The van der Waals surface area contributed by atoms with Gasteiger partial charge in [0.05, 0.1) is 19.3 Å². The first-order valence-electron chi connectivity index (χ1n) is 9.26. The van der Waals surface area contributed by atoms with Crippen LogP contribution in [0.3, 0.4) is 0 Å². The van der Waals surface area contributed by atoms with Gasteiger partial charge in [-0.1, -0.05) is 17.7 Å². The van der Waals surface area contributed by atoms with E-state index in [1.807, 2.05) is 31.2 Å². The fraction of sp³-hybridized carbons (Fsp3) is 0.632. The lowest BCUT2D eigenvalue weighted by Gasteiger charge is -2.37. The van der Waals surface area contributed by atoms with Gasteiger partial charge >= 0.3 is 0 Å². The molecule has 0 aliphatic carbocycles. The predicted octanol–water partition coefficient (Wildman–Crippen LogP) is 3.18. The van der Waals surface area contributed by atoms with Gasteiger partial charge < -0.3 is 24.4 Å². The Balaban J connectivity index is 0.00000261. The van der Waals surface area contributed by atoms with Crippen molar-refractivity contribution in [3.8, 4) is 5.75 Å². The minimum Gasteiger partial charge on any atom is -0.489 e. The lowest BCUT2D eigenvalue weighted by atomic mass is 10.1. The van der Waals surface area contributed by atoms with Crippen molar-refractivity contribution in [3.05, 3.63) is 29.3 Å². The molecule has 0 spiro atoms. The van der Waals surface area contributed by atoms with Crippen molar-refractivity contribution < 1.29 is 14.2 Å². The third-order valence-electron chi connectivity index (χ3n) is 4.67. The SMILES string of the molecule is CN=C(NCC(C)Oc1cccc(Cl)c1)N1CCOC(C2CCCO2)C1.I. The number of benzene rings is 1. The molecular weight excluding hydrogens is 481 g/mol. The maximum absolute atomic E-state index is 6.00. The molecule has 2 heterocycles. The molecule has 0 radical (unpaired) electrons. The first-order chi connectivity index (χ1) is 12.7. The number of aliphatic imine (C=N–C) groups is 1. The first kappa shape index (κ1) is 22.5. The average molecular weight is 510 g/mol. The zero-order valence-electron chi connectivity index (χ0n) is 15.9. The highest BCUT2D eigenvalue weighted by atomic mass is 127. The monoisotopic (exact) mass is 509 g/mol. The number of guanidine groups is 1. The number of morpholine rings is 1. The summed E-state index contributed by atoms with van der Waals surface area (Å²) in [6, 6.07) is 7.45. The second-order valence-corrected chi connectivity index (χ2v) is 7.16. The summed E-state index contributed by atoms with van der Waals surface area (Å²) in [5.74, 6) is 1.64. The molecule has 2 aliphatic heterocycles. The van der Waals surface area contributed by atoms with Crippen LogP contribution in [0, 0.1) is 0 Å². The van der Waals surface area contributed by atoms with Crippen molar-refractivity contribution in [3.63, 3.8) is 0 Å². The van der Waals surface area contributed by atoms with E-state index in [0.29, 0.717) is 18.2 Å². The van der Waals surface area contributed by atoms with Gasteiger partial charge in [0.1, 0.15) is 18.0 Å². The van der Waals surface area contributed by atoms with Gasteiger partial charge in [-0.05, 0) is 38.0 Å². The van der Waals surface area contributed by atoms with Crippen molar-refractivity contribution >= 4 is 41.5 Å². The lowest BCUT2D eigenvalue weighted by molar-refractivity contribution is -0.0817. The Morgan fingerprint density at radius 3 is 2.89 bits per heavy atom. The zero-order chi connectivity index (χ0) is 18.4. The maximum Gasteiger partial charge on any atom is 0.193 e. The van der Waals surface area contributed by atoms with E-state index in [4.69, 9.17) is 25.8 Å². The molecule has 0 aromatic heterocycles. The molecule has 8 heteroatoms. The summed E-state index contributed by atoms with van der Waals surface area (Å²) >= 11 is 6.00. The Morgan fingerprint density at radius 2 is 2.19 bits per heavy atom. The van der Waals surface area contributed by atoms with Crippen LogP contribution in [0.1, 0.15) is 19.8 Å². The maximum atomic E-state index is 6.00. The van der Waals surface area contributed by atoms with Crippen molar-refractivity contribution in [1.29, 1.82) is 0 Å². The molecule has 2 fully saturated rings. The summed E-state index contributed by atoms with van der Waals surface area (Å²) < 4.78 is 17.6. The quantitative estimate of drug-likeness (QED) is 0.375. The molecule has 27 heavy (non-hydrogen) atoms. The molecule has 0 saturated carbocycles. The number of ether oxygens (including phenoxy) is 3. The van der Waals surface area contributed by atoms with Crippen LogP contribution in [0.2, 0.25) is 5.02 Å². The third-order valence-corrected chi connectivity index (χ3v) is 4.90. The Labute approximate surface area is 183 Å². The highest BCUT2D eigenvalue weighted by molar-refractivity contribution is 14.0. The van der Waals surface area contributed by atoms with Crippen molar-refractivity contribution in [1.82, 2.24) is 10.2 Å². The van der Waals surface area contributed by atoms with Gasteiger partial charge in [0, 0.05) is 31.8 Å². The van der Waals surface area contributed by atoms with Gasteiger partial charge in [0.15, 0.2) is 5.96 Å². The molecule has 2 saturated heterocycles. The van der Waals surface area contributed by atoms with E-state index in [-0.39, 0.29) is 42.3 Å². The predicted molar refractivity (Wildman–Crippen MR) is 119 cm³/mol. The summed E-state index contributed by atoms with van der Waals surface area (Å²) in [5.41, 5.74) is 0. The number of nitrogens with one attached hydrogen (secondary N) is 1. The summed E-state index contributed by atoms with van der Waals surface area (Å²) in [5, 5.41) is 4.08. The van der Waals surface area contributed by atoms with E-state index in [1.165, 1.54) is 0 Å². The standard InChI is InChI=1S/C19H28ClN3O3.HI/c1-14(26-16-6-3-5-15(20)11-16)12-22-19(21-2)23-8-10-25-18(13-23)17-7-4-9-24-17;/h3,5-6,11,14,17-18H,4,7-10,12-13H2,1-2H3,(H,21,22);1H. The minimum atomic E-state index is -0.0137. The second-order valence-electron chi connectivity index (χ2n) is 6.72. The molecule has 1 aromatic carbocycles. The van der Waals surface area contributed by atoms with Crippen LogP contribution in [0.5, 0.6) is 5.75 Å². The molecule has 6 nitrogen and oxygen atoms in total. The van der Waals surface area contributed by atoms with Gasteiger partial charge in [0.25, 0.3) is 0 Å². The Kier molecular flexibility index (Phi) is 9.41. The fourth-order valence-corrected chi connectivity index (χ4v) is 3.55. The van der Waals surface area contributed by atoms with E-state index in [0.717, 1.165) is 44.2 Å². The van der Waals surface area contributed by atoms with Crippen LogP contribution in [0.25, 0.3) is 0 Å². The number of nitrogens with zero attached hydrogens (tertiary/aromatic N) is 2. The van der Waals surface area contributed by atoms with Crippen molar-refractivity contribution in [2.45, 2.75) is 38.1 Å². The average Bonchev–Trinajstić information content (AvgIpc) is 3.17. The number of rotatable bonds is 5. The van der Waals surface area contributed by atoms with Gasteiger partial charge in [-0.25, -0.2) is 0 Å². The van der Waals surface area contributed by atoms with Crippen LogP contribution in [-0.2, 0) is 9.47 Å². The van der Waals surface area contributed by atoms with Gasteiger partial charge in [-0.15, -0.1) is 24.0 Å². The normalized spacial score (nSPS) is 24.3. The molecule has 2 aliphatic rings. The van der Waals surface area contributed by atoms with Crippen molar-refractivity contribution in [2.24, 2.45) is 4.99 Å². The number of hydrogen-bond acceptors (Lipinski definition) is 4. The Hall–Kier alpha value is -0.770. The Morgan fingerprint density at radius 1 is 1.37 bits per heavy atom. The van der Waals surface area contributed by atoms with Crippen LogP contribution >= 0.6 is 35.6 Å². The van der Waals surface area contributed by atoms with Gasteiger partial charge in [-0.2, -0.15) is 0 Å². The smallest absolute Gasteiger partial charge is 0.193 e. The van der Waals surface area contributed by atoms with E-state index < -0.39 is 0 Å². The van der Waals surface area contributed by atoms with E-state index in [1.54, 1.807) is 7.05 Å². The highest BCUT2D eigenvalue weighted by Gasteiger charge is 2.32. The fourth-order valence-electron chi connectivity index (χ4n) is 3.37. The van der Waals surface area contributed by atoms with E-state index in [9.17, 15) is 0 Å². The molecule has 152 valence electrons. The Bertz CT molecular complexity index is 614. The molecule has 3 unspecified atom stereocenters. The molecule has 3 atom stereocenters. The van der Waals surface area contributed by atoms with Crippen LogP contribution in [0.4, 0.5) is 0 Å². The summed E-state index contributed by atoms with van der Waals surface area (Å²) in [6.07, 6.45) is 2.51. The summed E-state index contributed by atoms with van der Waals surface area (Å²) in [7, 11) is 1.81. The third kappa shape index (κ3) is 6.66. The van der Waals surface area contributed by atoms with Gasteiger partial charge in [-0.3, -0.25) is 4.99 Å². The number of halogens is 2. The molecule has 0 bridgehead atoms. The molecule has 3 rings (SSSR count). The molecular formula is C19H29ClIN3O3. The lowest BCUT2D eigenvalue weighted by Crippen LogP contribution is -2.54. The molecule has 1 N–H and O–H groups in total. The molecule has 1 aromatic rings. The van der Waals surface area contributed by atoms with E-state index in [2.05, 4.69) is 15.2 Å². The van der Waals surface area contributed by atoms with Crippen LogP contribution in [0.15, 0.2) is 29.3 Å². The highest BCUT2D eigenvalue weighted by Crippen LogP contribution is 2.21. The number of hydrogen-bond donors (Lipinski definition) is 1.